The van der Waals surface area contributed by atoms with Gasteiger partial charge in [0.2, 0.25) is 0 Å². The molecule has 3 aliphatic rings. The molecule has 6 rings (SSSR count). The Kier molecular flexibility index (Phi) is 13.2. The zero-order valence-corrected chi connectivity index (χ0v) is 30.4. The van der Waals surface area contributed by atoms with Gasteiger partial charge < -0.3 is 10.0 Å². The Labute approximate surface area is 297 Å². The molecule has 3 aromatic rings. The van der Waals surface area contributed by atoms with Crippen LogP contribution in [0.15, 0.2) is 59.5 Å². The fourth-order valence-electron chi connectivity index (χ4n) is 8.39. The first kappa shape index (κ1) is 38.3. The van der Waals surface area contributed by atoms with E-state index in [0.29, 0.717) is 29.1 Å². The Bertz CT molecular complexity index is 1620. The van der Waals surface area contributed by atoms with Crippen molar-refractivity contribution in [3.8, 4) is 0 Å². The maximum Gasteiger partial charge on any atom is 0.306 e. The fourth-order valence-corrected chi connectivity index (χ4v) is 9.02. The smallest absolute Gasteiger partial charge is 0.306 e. The van der Waals surface area contributed by atoms with E-state index in [-0.39, 0.29) is 48.4 Å². The topological polar surface area (TPSA) is 92.5 Å². The molecule has 0 amide bonds. The molecule has 3 fully saturated rings. The highest BCUT2D eigenvalue weighted by Crippen LogP contribution is 2.49. The molecule has 3 unspecified atom stereocenters. The average Bonchev–Trinajstić information content (AvgIpc) is 3.60. The van der Waals surface area contributed by atoms with E-state index < -0.39 is 15.8 Å². The van der Waals surface area contributed by atoms with Crippen molar-refractivity contribution in [3.05, 3.63) is 82.9 Å². The van der Waals surface area contributed by atoms with E-state index in [0.717, 1.165) is 87.9 Å². The highest BCUT2D eigenvalue weighted by Gasteiger charge is 2.43. The molecule has 11 heteroatoms. The summed E-state index contributed by atoms with van der Waals surface area (Å²) in [4.78, 5) is 15.3. The monoisotopic (exact) mass is 721 g/mol. The quantitative estimate of drug-likeness (QED) is 0.206. The van der Waals surface area contributed by atoms with Crippen molar-refractivity contribution < 1.29 is 22.7 Å². The minimum atomic E-state index is -3.22. The molecule has 7 nitrogen and oxygen atoms in total. The maximum atomic E-state index is 14.3. The molecule has 4 atom stereocenters. The third-order valence-corrected chi connectivity index (χ3v) is 12.2. The number of carboxylic acid groups (broad SMARTS) is 1. The molecule has 0 bridgehead atoms. The third-order valence-electron chi connectivity index (χ3n) is 11.1. The van der Waals surface area contributed by atoms with Gasteiger partial charge in [-0.15, -0.1) is 24.8 Å². The van der Waals surface area contributed by atoms with Crippen LogP contribution < -0.4 is 0 Å². The third kappa shape index (κ3) is 9.01. The lowest BCUT2D eigenvalue weighted by atomic mass is 9.74. The van der Waals surface area contributed by atoms with Crippen molar-refractivity contribution in [3.63, 3.8) is 0 Å². The predicted octanol–water partition coefficient (Wildman–Crippen LogP) is 7.76. The molecule has 1 aromatic heterocycles. The summed E-state index contributed by atoms with van der Waals surface area (Å²) in [6, 6.07) is 16.3. The minimum absolute atomic E-state index is 0. The number of aromatic nitrogens is 2. The first-order valence-electron chi connectivity index (χ1n) is 17.1. The summed E-state index contributed by atoms with van der Waals surface area (Å²) in [5.41, 5.74) is 4.32. The number of likely N-dealkylation sites (tertiary alicyclic amines) is 1. The molecule has 1 saturated heterocycles. The van der Waals surface area contributed by atoms with E-state index in [1.54, 1.807) is 24.3 Å². The number of piperidine rings is 1. The Balaban J connectivity index is 0.00000260. The maximum absolute atomic E-state index is 14.3. The predicted molar refractivity (Wildman–Crippen MR) is 192 cm³/mol. The van der Waals surface area contributed by atoms with Crippen LogP contribution in [0.2, 0.25) is 0 Å². The fraction of sp³-hybridized carbons (Fsp3) is 0.568. The normalized spacial score (nSPS) is 22.8. The number of halogens is 3. The number of hydrogen-bond donors (Lipinski definition) is 1. The number of aliphatic carboxylic acids is 1. The van der Waals surface area contributed by atoms with Gasteiger partial charge in [0.1, 0.15) is 5.82 Å². The number of rotatable bonds is 12. The second kappa shape index (κ2) is 16.5. The van der Waals surface area contributed by atoms with Crippen molar-refractivity contribution >= 4 is 40.6 Å². The van der Waals surface area contributed by atoms with Crippen LogP contribution >= 0.6 is 24.8 Å². The second-order valence-electron chi connectivity index (χ2n) is 14.2. The molecular formula is C37H50Cl2FN3O4S. The molecule has 2 aliphatic carbocycles. The van der Waals surface area contributed by atoms with Crippen molar-refractivity contribution in [1.29, 1.82) is 0 Å². The number of hydrogen-bond acceptors (Lipinski definition) is 5. The van der Waals surface area contributed by atoms with Gasteiger partial charge in [0.25, 0.3) is 0 Å². The van der Waals surface area contributed by atoms with Gasteiger partial charge in [-0.25, -0.2) is 12.8 Å². The first-order valence-corrected chi connectivity index (χ1v) is 19.0. The highest BCUT2D eigenvalue weighted by molar-refractivity contribution is 7.90. The summed E-state index contributed by atoms with van der Waals surface area (Å²) in [6.07, 6.45) is 9.97. The average molecular weight is 723 g/mol. The molecule has 264 valence electrons. The number of carbonyl (C=O) groups is 1. The lowest BCUT2D eigenvalue weighted by Gasteiger charge is -2.35. The largest absolute Gasteiger partial charge is 0.481 e. The van der Waals surface area contributed by atoms with E-state index in [1.807, 2.05) is 18.2 Å². The molecule has 2 aromatic carbocycles. The van der Waals surface area contributed by atoms with Crippen molar-refractivity contribution in [2.24, 2.45) is 23.7 Å². The van der Waals surface area contributed by atoms with E-state index in [4.69, 9.17) is 5.10 Å². The molecule has 1 aliphatic heterocycles. The van der Waals surface area contributed by atoms with Crippen LogP contribution in [0.3, 0.4) is 0 Å². The summed E-state index contributed by atoms with van der Waals surface area (Å²) in [5, 5.41) is 15.1. The molecular weight excluding hydrogens is 672 g/mol. The molecule has 0 radical (unpaired) electrons. The van der Waals surface area contributed by atoms with Gasteiger partial charge in [0.15, 0.2) is 9.84 Å². The first-order chi connectivity index (χ1) is 22.1. The number of carboxylic acids is 1. The number of sulfone groups is 1. The van der Waals surface area contributed by atoms with Crippen LogP contribution in [0.4, 0.5) is 4.39 Å². The van der Waals surface area contributed by atoms with Crippen LogP contribution in [0.25, 0.3) is 0 Å². The molecule has 48 heavy (non-hydrogen) atoms. The van der Waals surface area contributed by atoms with Crippen LogP contribution in [0.1, 0.15) is 92.6 Å². The van der Waals surface area contributed by atoms with Gasteiger partial charge >= 0.3 is 5.97 Å². The van der Waals surface area contributed by atoms with Crippen molar-refractivity contribution in [2.45, 2.75) is 88.0 Å². The standard InChI is InChI=1S/C37H48FN3O4S.2ClH/c1-3-41-36(23-32(39-41)18-26-10-12-33(13-11-26)46(2,44)45)27-14-16-40(17-15-27)24-30-20-29(35(37(42)43)19-25-6-4-7-25)22-34(30)28-8-5-9-31(38)21-28;;/h5,8-13,21,23,25,27,29-30,34-35H,3-4,6-7,14-20,22,24H2,1-2H3,(H,42,43);2*1H/t29?,30?,34?,35-;;/m0../s1. The summed E-state index contributed by atoms with van der Waals surface area (Å²) >= 11 is 0. The Morgan fingerprint density at radius 3 is 2.31 bits per heavy atom. The molecule has 1 N–H and O–H groups in total. The van der Waals surface area contributed by atoms with E-state index in [9.17, 15) is 22.7 Å². The van der Waals surface area contributed by atoms with Gasteiger partial charge in [-0.2, -0.15) is 5.10 Å². The minimum Gasteiger partial charge on any atom is -0.481 e. The SMILES string of the molecule is CCn1nc(Cc2ccc(S(C)(=O)=O)cc2)cc1C1CCN(CC2CC([C@H](CC3CCC3)C(=O)O)CC2c2cccc(F)c2)CC1.Cl.Cl. The number of nitrogens with zero attached hydrogens (tertiary/aromatic N) is 3. The molecule has 0 spiro atoms. The highest BCUT2D eigenvalue weighted by atomic mass is 35.5. The number of aryl methyl sites for hydroxylation is 1. The van der Waals surface area contributed by atoms with Gasteiger partial charge in [-0.3, -0.25) is 9.48 Å². The summed E-state index contributed by atoms with van der Waals surface area (Å²) < 4.78 is 40.1. The Morgan fingerprint density at radius 2 is 1.73 bits per heavy atom. The zero-order chi connectivity index (χ0) is 32.4. The van der Waals surface area contributed by atoms with Crippen molar-refractivity contribution in [1.82, 2.24) is 14.7 Å². The Morgan fingerprint density at radius 1 is 1.02 bits per heavy atom. The molecule has 2 heterocycles. The van der Waals surface area contributed by atoms with Crippen LogP contribution in [0, 0.1) is 29.5 Å². The lowest BCUT2D eigenvalue weighted by molar-refractivity contribution is -0.144. The van der Waals surface area contributed by atoms with Crippen LogP contribution in [-0.4, -0.2) is 60.1 Å². The van der Waals surface area contributed by atoms with E-state index in [1.165, 1.54) is 24.4 Å². The second-order valence-corrected chi connectivity index (χ2v) is 16.2. The van der Waals surface area contributed by atoms with Gasteiger partial charge in [-0.05, 0) is 117 Å². The van der Waals surface area contributed by atoms with Crippen LogP contribution in [0.5, 0.6) is 0 Å². The Hall–Kier alpha value is -2.46. The zero-order valence-electron chi connectivity index (χ0n) is 28.0. The number of benzene rings is 2. The van der Waals surface area contributed by atoms with Gasteiger partial charge in [-0.1, -0.05) is 43.5 Å². The van der Waals surface area contributed by atoms with Crippen molar-refractivity contribution in [2.75, 3.05) is 25.9 Å². The summed E-state index contributed by atoms with van der Waals surface area (Å²) in [6.45, 7) is 5.79. The van der Waals surface area contributed by atoms with Crippen LogP contribution in [-0.2, 0) is 27.6 Å². The summed E-state index contributed by atoms with van der Waals surface area (Å²) in [5.74, 6) is 0.401. The van der Waals surface area contributed by atoms with Gasteiger partial charge in [0.05, 0.1) is 16.5 Å². The van der Waals surface area contributed by atoms with E-state index in [2.05, 4.69) is 22.6 Å². The van der Waals surface area contributed by atoms with E-state index >= 15 is 0 Å². The molecule has 2 saturated carbocycles. The summed E-state index contributed by atoms with van der Waals surface area (Å²) in [7, 11) is -3.22. The lowest BCUT2D eigenvalue weighted by Crippen LogP contribution is -2.37. The van der Waals surface area contributed by atoms with Gasteiger partial charge in [0, 0.05) is 37.4 Å².